The van der Waals surface area contributed by atoms with E-state index >= 15 is 0 Å². The summed E-state index contributed by atoms with van der Waals surface area (Å²) in [5, 5.41) is 1.42. The number of hydrogen-bond acceptors (Lipinski definition) is 1. The normalized spacial score (nSPS) is 10.9. The average Bonchev–Trinajstić information content (AvgIpc) is 2.75. The van der Waals surface area contributed by atoms with Crippen molar-refractivity contribution in [1.29, 1.82) is 0 Å². The van der Waals surface area contributed by atoms with E-state index in [4.69, 9.17) is 0 Å². The van der Waals surface area contributed by atoms with Gasteiger partial charge in [-0.05, 0) is 42.3 Å². The van der Waals surface area contributed by atoms with Crippen molar-refractivity contribution in [2.75, 3.05) is 0 Å². The van der Waals surface area contributed by atoms with Crippen molar-refractivity contribution in [3.63, 3.8) is 0 Å². The Labute approximate surface area is 112 Å². The molecule has 1 heteroatoms. The second-order valence-corrected chi connectivity index (χ2v) is 5.77. The maximum atomic E-state index is 2.25. The van der Waals surface area contributed by atoms with Gasteiger partial charge in [0, 0.05) is 9.58 Å². The van der Waals surface area contributed by atoms with Crippen molar-refractivity contribution in [1.82, 2.24) is 0 Å². The number of aryl methyl sites for hydroxylation is 3. The first kappa shape index (κ1) is 11.5. The van der Waals surface area contributed by atoms with Gasteiger partial charge in [0.15, 0.2) is 0 Å². The summed E-state index contributed by atoms with van der Waals surface area (Å²) in [4.78, 5) is 1.53. The third-order valence-corrected chi connectivity index (χ3v) is 4.76. The highest BCUT2D eigenvalue weighted by atomic mass is 32.1. The summed E-state index contributed by atoms with van der Waals surface area (Å²) in [6.45, 7) is 2.25. The number of benzene rings is 2. The molecule has 90 valence electrons. The van der Waals surface area contributed by atoms with E-state index in [-0.39, 0.29) is 0 Å². The van der Waals surface area contributed by atoms with Gasteiger partial charge in [0.05, 0.1) is 0 Å². The summed E-state index contributed by atoms with van der Waals surface area (Å²) in [5.74, 6) is 0. The molecule has 0 fully saturated rings. The van der Waals surface area contributed by atoms with Crippen LogP contribution < -0.4 is 0 Å². The van der Waals surface area contributed by atoms with Crippen LogP contribution in [0.1, 0.15) is 16.0 Å². The van der Waals surface area contributed by atoms with E-state index in [9.17, 15) is 0 Å². The Morgan fingerprint density at radius 1 is 0.833 bits per heavy atom. The van der Waals surface area contributed by atoms with Gasteiger partial charge in [-0.1, -0.05) is 48.5 Å². The van der Waals surface area contributed by atoms with Gasteiger partial charge in [-0.2, -0.15) is 0 Å². The van der Waals surface area contributed by atoms with Crippen LogP contribution in [0.2, 0.25) is 0 Å². The largest absolute Gasteiger partial charge is 0.140 e. The summed E-state index contributed by atoms with van der Waals surface area (Å²) >= 11 is 1.94. The van der Waals surface area contributed by atoms with Crippen LogP contribution in [0.5, 0.6) is 0 Å². The van der Waals surface area contributed by atoms with E-state index in [2.05, 4.69) is 61.5 Å². The van der Waals surface area contributed by atoms with E-state index in [1.54, 1.807) is 0 Å². The first-order valence-electron chi connectivity index (χ1n) is 6.35. The van der Waals surface area contributed by atoms with Crippen LogP contribution in [-0.2, 0) is 12.8 Å². The molecule has 0 aliphatic rings. The molecule has 0 N–H and O–H groups in total. The van der Waals surface area contributed by atoms with Gasteiger partial charge >= 0.3 is 0 Å². The van der Waals surface area contributed by atoms with E-state index in [1.807, 2.05) is 11.3 Å². The fraction of sp³-hybridized carbons (Fsp3) is 0.176. The van der Waals surface area contributed by atoms with Crippen LogP contribution in [0.4, 0.5) is 0 Å². The molecule has 0 nitrogen and oxygen atoms in total. The molecular formula is C17H16S. The first-order valence-corrected chi connectivity index (χ1v) is 7.17. The highest BCUT2D eigenvalue weighted by Crippen LogP contribution is 2.31. The van der Waals surface area contributed by atoms with Crippen molar-refractivity contribution in [2.24, 2.45) is 0 Å². The lowest BCUT2D eigenvalue weighted by molar-refractivity contribution is 0.974. The summed E-state index contributed by atoms with van der Waals surface area (Å²) in [6.07, 6.45) is 2.28. The average molecular weight is 252 g/mol. The Bertz CT molecular complexity index is 650. The van der Waals surface area contributed by atoms with Gasteiger partial charge < -0.3 is 0 Å². The van der Waals surface area contributed by atoms with Gasteiger partial charge in [-0.25, -0.2) is 0 Å². The van der Waals surface area contributed by atoms with Gasteiger partial charge in [-0.15, -0.1) is 11.3 Å². The summed E-state index contributed by atoms with van der Waals surface area (Å²) in [6, 6.07) is 19.4. The lowest BCUT2D eigenvalue weighted by Gasteiger charge is -2.00. The quantitative estimate of drug-likeness (QED) is 0.615. The minimum Gasteiger partial charge on any atom is -0.140 e. The summed E-state index contributed by atoms with van der Waals surface area (Å²) in [7, 11) is 0. The smallest absolute Gasteiger partial charge is 0.0348 e. The molecule has 0 spiro atoms. The molecule has 1 heterocycles. The molecule has 0 bridgehead atoms. The number of thiophene rings is 1. The van der Waals surface area contributed by atoms with Crippen LogP contribution in [0, 0.1) is 6.92 Å². The Kier molecular flexibility index (Phi) is 3.16. The zero-order chi connectivity index (χ0) is 12.4. The molecule has 0 aliphatic heterocycles. The molecule has 0 radical (unpaired) electrons. The van der Waals surface area contributed by atoms with E-state index in [0.29, 0.717) is 0 Å². The maximum Gasteiger partial charge on any atom is 0.0348 e. The number of fused-ring (bicyclic) bond motifs is 1. The van der Waals surface area contributed by atoms with E-state index in [1.165, 1.54) is 26.1 Å². The van der Waals surface area contributed by atoms with Gasteiger partial charge in [-0.3, -0.25) is 0 Å². The Morgan fingerprint density at radius 3 is 2.33 bits per heavy atom. The number of rotatable bonds is 3. The fourth-order valence-corrected chi connectivity index (χ4v) is 3.58. The van der Waals surface area contributed by atoms with Gasteiger partial charge in [0.1, 0.15) is 0 Å². The van der Waals surface area contributed by atoms with Gasteiger partial charge in [0.25, 0.3) is 0 Å². The van der Waals surface area contributed by atoms with Gasteiger partial charge in [0.2, 0.25) is 0 Å². The second-order valence-electron chi connectivity index (χ2n) is 4.63. The van der Waals surface area contributed by atoms with Crippen molar-refractivity contribution in [2.45, 2.75) is 19.8 Å². The molecule has 3 rings (SSSR count). The zero-order valence-electron chi connectivity index (χ0n) is 10.5. The third kappa shape index (κ3) is 2.19. The summed E-state index contributed by atoms with van der Waals surface area (Å²) in [5.41, 5.74) is 2.89. The van der Waals surface area contributed by atoms with Crippen LogP contribution in [-0.4, -0.2) is 0 Å². The van der Waals surface area contributed by atoms with Crippen molar-refractivity contribution in [3.8, 4) is 0 Å². The molecule has 0 atom stereocenters. The van der Waals surface area contributed by atoms with E-state index in [0.717, 1.165) is 12.8 Å². The topological polar surface area (TPSA) is 0 Å². The molecule has 0 amide bonds. The Balaban J connectivity index is 1.85. The molecule has 18 heavy (non-hydrogen) atoms. The monoisotopic (exact) mass is 252 g/mol. The minimum absolute atomic E-state index is 1.13. The molecule has 0 unspecified atom stereocenters. The lowest BCUT2D eigenvalue weighted by atomic mass is 10.1. The third-order valence-electron chi connectivity index (χ3n) is 3.43. The van der Waals surface area contributed by atoms with Crippen LogP contribution in [0.3, 0.4) is 0 Å². The highest BCUT2D eigenvalue weighted by molar-refractivity contribution is 7.19. The molecule has 2 aromatic carbocycles. The predicted molar refractivity (Wildman–Crippen MR) is 80.4 cm³/mol. The molecule has 3 aromatic rings. The fourth-order valence-electron chi connectivity index (χ4n) is 2.37. The molecular weight excluding hydrogens is 236 g/mol. The first-order chi connectivity index (χ1) is 8.84. The van der Waals surface area contributed by atoms with Crippen LogP contribution in [0.15, 0.2) is 54.6 Å². The Morgan fingerprint density at radius 2 is 1.56 bits per heavy atom. The maximum absolute atomic E-state index is 2.25. The lowest BCUT2D eigenvalue weighted by Crippen LogP contribution is -1.89. The zero-order valence-corrected chi connectivity index (χ0v) is 11.3. The van der Waals surface area contributed by atoms with Crippen LogP contribution >= 0.6 is 11.3 Å². The van der Waals surface area contributed by atoms with Crippen LogP contribution in [0.25, 0.3) is 10.1 Å². The molecule has 1 aromatic heterocycles. The molecule has 0 saturated heterocycles. The molecule has 0 aliphatic carbocycles. The Hall–Kier alpha value is -1.60. The standard InChI is InChI=1S/C17H16S/c1-13-15-9-5-6-10-17(15)18-16(13)12-11-14-7-3-2-4-8-14/h2-10H,11-12H2,1H3. The van der Waals surface area contributed by atoms with Crippen molar-refractivity contribution >= 4 is 21.4 Å². The predicted octanol–water partition coefficient (Wildman–Crippen LogP) is 4.99. The van der Waals surface area contributed by atoms with Crippen molar-refractivity contribution in [3.05, 3.63) is 70.6 Å². The van der Waals surface area contributed by atoms with E-state index < -0.39 is 0 Å². The van der Waals surface area contributed by atoms with Crippen molar-refractivity contribution < 1.29 is 0 Å². The molecule has 0 saturated carbocycles. The highest BCUT2D eigenvalue weighted by Gasteiger charge is 2.07. The summed E-state index contributed by atoms with van der Waals surface area (Å²) < 4.78 is 1.41. The number of hydrogen-bond donors (Lipinski definition) is 0. The SMILES string of the molecule is Cc1c(CCc2ccccc2)sc2ccccc12. The minimum atomic E-state index is 1.13. The second kappa shape index (κ2) is 4.95.